The molecule has 1 aromatic carbocycles. The Morgan fingerprint density at radius 1 is 1.50 bits per heavy atom. The molecule has 0 saturated heterocycles. The lowest BCUT2D eigenvalue weighted by atomic mass is 10.3. The van der Waals surface area contributed by atoms with Crippen LogP contribution in [-0.2, 0) is 4.79 Å². The monoisotopic (exact) mass is 188 g/mol. The van der Waals surface area contributed by atoms with E-state index < -0.39 is 0 Å². The zero-order valence-corrected chi connectivity index (χ0v) is 7.36. The van der Waals surface area contributed by atoms with Gasteiger partial charge in [0.2, 0.25) is 0 Å². The molecule has 14 heavy (non-hydrogen) atoms. The fourth-order valence-corrected chi connectivity index (χ4v) is 1.08. The molecular weight excluding hydrogens is 180 g/mol. The Hall–Kier alpha value is -2.10. The molecule has 1 amide bonds. The minimum Gasteiger partial charge on any atom is -0.423 e. The lowest BCUT2D eigenvalue weighted by molar-refractivity contribution is -0.112. The molecule has 2 rings (SSSR count). The van der Waals surface area contributed by atoms with Crippen LogP contribution in [0, 0.1) is 0 Å². The summed E-state index contributed by atoms with van der Waals surface area (Å²) in [5, 5.41) is 2.45. The molecule has 1 heterocycles. The van der Waals surface area contributed by atoms with Gasteiger partial charge in [-0.1, -0.05) is 18.7 Å². The summed E-state index contributed by atoms with van der Waals surface area (Å²) in [6, 6.07) is 7.47. The first-order valence-electron chi connectivity index (χ1n) is 4.08. The largest absolute Gasteiger partial charge is 0.423 e. The van der Waals surface area contributed by atoms with Crippen molar-refractivity contribution in [2.75, 3.05) is 5.32 Å². The van der Waals surface area contributed by atoms with Gasteiger partial charge in [-0.2, -0.15) is 4.98 Å². The average Bonchev–Trinajstić information content (AvgIpc) is 2.59. The molecule has 1 aromatic heterocycles. The molecular formula is C10H8N2O2. The van der Waals surface area contributed by atoms with Gasteiger partial charge in [0.15, 0.2) is 5.58 Å². The van der Waals surface area contributed by atoms with Crippen molar-refractivity contribution < 1.29 is 9.21 Å². The minimum atomic E-state index is -0.337. The first-order valence-corrected chi connectivity index (χ1v) is 4.08. The number of rotatable bonds is 2. The highest BCUT2D eigenvalue weighted by atomic mass is 16.4. The average molecular weight is 188 g/mol. The maximum absolute atomic E-state index is 10.9. The third-order valence-corrected chi connectivity index (χ3v) is 1.71. The number of anilines is 1. The van der Waals surface area contributed by atoms with Gasteiger partial charge in [0.25, 0.3) is 5.91 Å². The molecule has 0 aliphatic heterocycles. The summed E-state index contributed by atoms with van der Waals surface area (Å²) in [4.78, 5) is 15.0. The Bertz CT molecular complexity index is 455. The van der Waals surface area contributed by atoms with Crippen LogP contribution in [0.4, 0.5) is 6.01 Å². The lowest BCUT2D eigenvalue weighted by Crippen LogP contribution is -2.07. The fourth-order valence-electron chi connectivity index (χ4n) is 1.08. The van der Waals surface area contributed by atoms with Crippen LogP contribution in [0.2, 0.25) is 0 Å². The van der Waals surface area contributed by atoms with E-state index in [0.717, 1.165) is 6.08 Å². The quantitative estimate of drug-likeness (QED) is 0.733. The van der Waals surface area contributed by atoms with E-state index in [9.17, 15) is 4.79 Å². The fraction of sp³-hybridized carbons (Fsp3) is 0. The van der Waals surface area contributed by atoms with Gasteiger partial charge in [-0.15, -0.1) is 0 Å². The molecule has 1 N–H and O–H groups in total. The van der Waals surface area contributed by atoms with Gasteiger partial charge >= 0.3 is 6.01 Å². The second-order valence-electron chi connectivity index (χ2n) is 2.68. The smallest absolute Gasteiger partial charge is 0.302 e. The number of hydrogen-bond donors (Lipinski definition) is 1. The van der Waals surface area contributed by atoms with Crippen LogP contribution in [0.3, 0.4) is 0 Å². The van der Waals surface area contributed by atoms with Crippen LogP contribution in [0.1, 0.15) is 0 Å². The van der Waals surface area contributed by atoms with E-state index in [1.807, 2.05) is 18.2 Å². The van der Waals surface area contributed by atoms with E-state index in [2.05, 4.69) is 16.9 Å². The summed E-state index contributed by atoms with van der Waals surface area (Å²) in [6.07, 6.45) is 1.16. The Kier molecular flexibility index (Phi) is 2.02. The first kappa shape index (κ1) is 8.50. The molecule has 70 valence electrons. The second kappa shape index (κ2) is 3.33. The van der Waals surface area contributed by atoms with Gasteiger partial charge in [-0.3, -0.25) is 10.1 Å². The van der Waals surface area contributed by atoms with Crippen molar-refractivity contribution in [2.24, 2.45) is 0 Å². The number of hydrogen-bond acceptors (Lipinski definition) is 3. The number of para-hydroxylation sites is 2. The Labute approximate surface area is 80.2 Å². The molecule has 2 aromatic rings. The number of aromatic nitrogens is 1. The summed E-state index contributed by atoms with van der Waals surface area (Å²) >= 11 is 0. The number of oxazole rings is 1. The van der Waals surface area contributed by atoms with Gasteiger partial charge in [0, 0.05) is 0 Å². The van der Waals surface area contributed by atoms with Crippen molar-refractivity contribution in [1.82, 2.24) is 4.98 Å². The predicted molar refractivity (Wildman–Crippen MR) is 52.8 cm³/mol. The van der Waals surface area contributed by atoms with E-state index >= 15 is 0 Å². The van der Waals surface area contributed by atoms with Crippen LogP contribution in [0.25, 0.3) is 11.1 Å². The van der Waals surface area contributed by atoms with Gasteiger partial charge in [-0.25, -0.2) is 0 Å². The maximum atomic E-state index is 10.9. The highest BCUT2D eigenvalue weighted by Gasteiger charge is 2.05. The molecule has 0 spiro atoms. The van der Waals surface area contributed by atoms with Crippen LogP contribution in [-0.4, -0.2) is 10.9 Å². The van der Waals surface area contributed by atoms with Gasteiger partial charge in [0.05, 0.1) is 0 Å². The van der Waals surface area contributed by atoms with E-state index in [4.69, 9.17) is 4.42 Å². The van der Waals surface area contributed by atoms with Crippen molar-refractivity contribution >= 4 is 23.0 Å². The Morgan fingerprint density at radius 3 is 3.00 bits per heavy atom. The van der Waals surface area contributed by atoms with E-state index in [1.54, 1.807) is 6.07 Å². The minimum absolute atomic E-state index is 0.191. The summed E-state index contributed by atoms with van der Waals surface area (Å²) in [6.45, 7) is 3.33. The second-order valence-corrected chi connectivity index (χ2v) is 2.68. The number of carbonyl (C=O) groups is 1. The van der Waals surface area contributed by atoms with Crippen molar-refractivity contribution in [3.8, 4) is 0 Å². The molecule has 4 nitrogen and oxygen atoms in total. The van der Waals surface area contributed by atoms with Crippen LogP contribution >= 0.6 is 0 Å². The van der Waals surface area contributed by atoms with E-state index in [1.165, 1.54) is 0 Å². The topological polar surface area (TPSA) is 55.1 Å². The number of benzene rings is 1. The SMILES string of the molecule is C=CC(=O)Nc1nc2ccccc2o1. The molecule has 0 atom stereocenters. The van der Waals surface area contributed by atoms with Crippen LogP contribution < -0.4 is 5.32 Å². The Balaban J connectivity index is 2.35. The normalized spacial score (nSPS) is 10.0. The Morgan fingerprint density at radius 2 is 2.29 bits per heavy atom. The number of carbonyl (C=O) groups excluding carboxylic acids is 1. The number of amides is 1. The molecule has 0 saturated carbocycles. The number of fused-ring (bicyclic) bond motifs is 1. The molecule has 0 aliphatic rings. The van der Waals surface area contributed by atoms with Gasteiger partial charge < -0.3 is 4.42 Å². The summed E-state index contributed by atoms with van der Waals surface area (Å²) in [7, 11) is 0. The zero-order chi connectivity index (χ0) is 9.97. The summed E-state index contributed by atoms with van der Waals surface area (Å²) in [5.41, 5.74) is 1.36. The van der Waals surface area contributed by atoms with Crippen LogP contribution in [0.5, 0.6) is 0 Å². The van der Waals surface area contributed by atoms with Crippen molar-refractivity contribution in [1.29, 1.82) is 0 Å². The zero-order valence-electron chi connectivity index (χ0n) is 7.36. The number of nitrogens with one attached hydrogen (secondary N) is 1. The lowest BCUT2D eigenvalue weighted by Gasteiger charge is -1.91. The van der Waals surface area contributed by atoms with Crippen molar-refractivity contribution in [3.63, 3.8) is 0 Å². The van der Waals surface area contributed by atoms with Crippen LogP contribution in [0.15, 0.2) is 41.3 Å². The maximum Gasteiger partial charge on any atom is 0.302 e. The standard InChI is InChI=1S/C10H8N2O2/c1-2-9(13)12-10-11-7-5-3-4-6-8(7)14-10/h2-6H,1H2,(H,11,12,13). The molecule has 0 aliphatic carbocycles. The van der Waals surface area contributed by atoms with Crippen molar-refractivity contribution in [2.45, 2.75) is 0 Å². The molecule has 0 unspecified atom stereocenters. The third kappa shape index (κ3) is 1.50. The highest BCUT2D eigenvalue weighted by molar-refractivity contribution is 5.98. The third-order valence-electron chi connectivity index (χ3n) is 1.71. The molecule has 4 heteroatoms. The predicted octanol–water partition coefficient (Wildman–Crippen LogP) is 1.95. The van der Waals surface area contributed by atoms with Gasteiger partial charge in [0.1, 0.15) is 5.52 Å². The first-order chi connectivity index (χ1) is 6.79. The highest BCUT2D eigenvalue weighted by Crippen LogP contribution is 2.17. The molecule has 0 bridgehead atoms. The number of nitrogens with zero attached hydrogens (tertiary/aromatic N) is 1. The van der Waals surface area contributed by atoms with E-state index in [0.29, 0.717) is 11.1 Å². The summed E-state index contributed by atoms with van der Waals surface area (Å²) < 4.78 is 5.25. The van der Waals surface area contributed by atoms with Crippen molar-refractivity contribution in [3.05, 3.63) is 36.9 Å². The van der Waals surface area contributed by atoms with E-state index in [-0.39, 0.29) is 11.9 Å². The molecule has 0 radical (unpaired) electrons. The van der Waals surface area contributed by atoms with Gasteiger partial charge in [-0.05, 0) is 18.2 Å². The molecule has 0 fully saturated rings. The summed E-state index contributed by atoms with van der Waals surface area (Å²) in [5.74, 6) is -0.337.